The van der Waals surface area contributed by atoms with E-state index in [1.54, 1.807) is 0 Å². The third-order valence-corrected chi connectivity index (χ3v) is 2.47. The zero-order valence-corrected chi connectivity index (χ0v) is 11.3. The largest absolute Gasteiger partial charge is 0.361 e. The lowest BCUT2D eigenvalue weighted by Crippen LogP contribution is -2.24. The average molecular weight is 262 g/mol. The molecule has 0 atom stereocenters. The van der Waals surface area contributed by atoms with Gasteiger partial charge in [0.05, 0.1) is 5.69 Å². The number of carbonyl (C=O) groups excluding carboxylic acids is 1. The topological polar surface area (TPSA) is 67.2 Å². The molecule has 98 valence electrons. The first-order valence-corrected chi connectivity index (χ1v) is 5.48. The van der Waals surface area contributed by atoms with Gasteiger partial charge in [0.2, 0.25) is 5.91 Å². The highest BCUT2D eigenvalue weighted by atomic mass is 35.5. The first kappa shape index (κ1) is 15.9. The van der Waals surface area contributed by atoms with Crippen LogP contribution in [0.5, 0.6) is 0 Å². The number of nitrogens with one attached hydrogen (secondary N) is 2. The van der Waals surface area contributed by atoms with Crippen LogP contribution in [0.1, 0.15) is 29.9 Å². The SMILES string of the molecule is CNCCCC(=O)NCc1c(C)noc1C.Cl. The van der Waals surface area contributed by atoms with Gasteiger partial charge in [-0.25, -0.2) is 0 Å². The highest BCUT2D eigenvalue weighted by Gasteiger charge is 2.09. The van der Waals surface area contributed by atoms with Crippen molar-refractivity contribution in [2.75, 3.05) is 13.6 Å². The number of aromatic nitrogens is 1. The summed E-state index contributed by atoms with van der Waals surface area (Å²) in [5, 5.41) is 9.70. The average Bonchev–Trinajstić information content (AvgIpc) is 2.57. The van der Waals surface area contributed by atoms with Gasteiger partial charge in [0.1, 0.15) is 5.76 Å². The summed E-state index contributed by atoms with van der Waals surface area (Å²) >= 11 is 0. The van der Waals surface area contributed by atoms with Crippen molar-refractivity contribution in [3.63, 3.8) is 0 Å². The number of halogens is 1. The Morgan fingerprint density at radius 2 is 2.12 bits per heavy atom. The molecule has 1 rings (SSSR count). The first-order valence-electron chi connectivity index (χ1n) is 5.48. The predicted octanol–water partition coefficient (Wildman–Crippen LogP) is 1.33. The van der Waals surface area contributed by atoms with Crippen LogP contribution in [0.25, 0.3) is 0 Å². The highest BCUT2D eigenvalue weighted by Crippen LogP contribution is 2.11. The predicted molar refractivity (Wildman–Crippen MR) is 68.2 cm³/mol. The fraction of sp³-hybridized carbons (Fsp3) is 0.636. The molecule has 17 heavy (non-hydrogen) atoms. The molecule has 2 N–H and O–H groups in total. The molecule has 0 aliphatic rings. The summed E-state index contributed by atoms with van der Waals surface area (Å²) < 4.78 is 5.01. The van der Waals surface area contributed by atoms with Gasteiger partial charge in [0.15, 0.2) is 0 Å². The van der Waals surface area contributed by atoms with E-state index < -0.39 is 0 Å². The molecular formula is C11H20ClN3O2. The third-order valence-electron chi connectivity index (χ3n) is 2.47. The van der Waals surface area contributed by atoms with Gasteiger partial charge in [-0.2, -0.15) is 0 Å². The maximum Gasteiger partial charge on any atom is 0.220 e. The molecule has 0 aliphatic carbocycles. The van der Waals surface area contributed by atoms with Crippen LogP contribution in [0.4, 0.5) is 0 Å². The molecule has 1 heterocycles. The third kappa shape index (κ3) is 5.19. The molecule has 1 aromatic heterocycles. The molecule has 0 saturated carbocycles. The van der Waals surface area contributed by atoms with Crippen molar-refractivity contribution in [2.45, 2.75) is 33.2 Å². The molecule has 6 heteroatoms. The number of hydrogen-bond donors (Lipinski definition) is 2. The van der Waals surface area contributed by atoms with Crippen LogP contribution in [-0.2, 0) is 11.3 Å². The zero-order chi connectivity index (χ0) is 12.0. The molecule has 0 radical (unpaired) electrons. The molecule has 0 aliphatic heterocycles. The van der Waals surface area contributed by atoms with Gasteiger partial charge >= 0.3 is 0 Å². The van der Waals surface area contributed by atoms with E-state index in [0.29, 0.717) is 13.0 Å². The summed E-state index contributed by atoms with van der Waals surface area (Å²) in [7, 11) is 1.88. The maximum absolute atomic E-state index is 11.4. The first-order chi connectivity index (χ1) is 7.65. The Kier molecular flexibility index (Phi) is 7.58. The van der Waals surface area contributed by atoms with Gasteiger partial charge in [-0.05, 0) is 33.9 Å². The van der Waals surface area contributed by atoms with Gasteiger partial charge in [-0.1, -0.05) is 5.16 Å². The normalized spacial score (nSPS) is 9.82. The molecule has 5 nitrogen and oxygen atoms in total. The van der Waals surface area contributed by atoms with E-state index in [2.05, 4.69) is 15.8 Å². The second kappa shape index (κ2) is 8.08. The van der Waals surface area contributed by atoms with E-state index in [1.165, 1.54) is 0 Å². The number of nitrogens with zero attached hydrogens (tertiary/aromatic N) is 1. The number of rotatable bonds is 6. The van der Waals surface area contributed by atoms with Crippen molar-refractivity contribution in [2.24, 2.45) is 0 Å². The Morgan fingerprint density at radius 1 is 1.41 bits per heavy atom. The molecular weight excluding hydrogens is 242 g/mol. The van der Waals surface area contributed by atoms with Crippen molar-refractivity contribution in [3.8, 4) is 0 Å². The molecule has 0 fully saturated rings. The van der Waals surface area contributed by atoms with Gasteiger partial charge in [0, 0.05) is 18.5 Å². The van der Waals surface area contributed by atoms with Crippen LogP contribution in [0.15, 0.2) is 4.52 Å². The summed E-state index contributed by atoms with van der Waals surface area (Å²) in [4.78, 5) is 11.4. The lowest BCUT2D eigenvalue weighted by Gasteiger charge is -2.04. The van der Waals surface area contributed by atoms with Crippen molar-refractivity contribution < 1.29 is 9.32 Å². The van der Waals surface area contributed by atoms with E-state index in [9.17, 15) is 4.79 Å². The van der Waals surface area contributed by atoms with Crippen molar-refractivity contribution in [3.05, 3.63) is 17.0 Å². The molecule has 0 unspecified atom stereocenters. The van der Waals surface area contributed by atoms with E-state index in [0.717, 1.165) is 30.0 Å². The zero-order valence-electron chi connectivity index (χ0n) is 10.5. The van der Waals surface area contributed by atoms with Crippen molar-refractivity contribution in [1.29, 1.82) is 0 Å². The molecule has 1 aromatic rings. The van der Waals surface area contributed by atoms with Crippen LogP contribution >= 0.6 is 12.4 Å². The maximum atomic E-state index is 11.4. The fourth-order valence-corrected chi connectivity index (χ4v) is 1.46. The van der Waals surface area contributed by atoms with Crippen LogP contribution in [0.3, 0.4) is 0 Å². The summed E-state index contributed by atoms with van der Waals surface area (Å²) in [6.07, 6.45) is 1.40. The number of hydrogen-bond acceptors (Lipinski definition) is 4. The fourth-order valence-electron chi connectivity index (χ4n) is 1.46. The van der Waals surface area contributed by atoms with E-state index in [-0.39, 0.29) is 18.3 Å². The Hall–Kier alpha value is -1.07. The van der Waals surface area contributed by atoms with Crippen molar-refractivity contribution >= 4 is 18.3 Å². The summed E-state index contributed by atoms with van der Waals surface area (Å²) in [6.45, 7) is 5.08. The second-order valence-corrected chi connectivity index (χ2v) is 3.79. The lowest BCUT2D eigenvalue weighted by molar-refractivity contribution is -0.121. The molecule has 0 bridgehead atoms. The summed E-state index contributed by atoms with van der Waals surface area (Å²) in [6, 6.07) is 0. The Balaban J connectivity index is 0.00000256. The Labute approximate surface area is 108 Å². The second-order valence-electron chi connectivity index (χ2n) is 3.79. The molecule has 0 spiro atoms. The number of carbonyl (C=O) groups is 1. The van der Waals surface area contributed by atoms with Crippen LogP contribution in [0.2, 0.25) is 0 Å². The van der Waals surface area contributed by atoms with Gasteiger partial charge in [0.25, 0.3) is 0 Å². The molecule has 0 saturated heterocycles. The van der Waals surface area contributed by atoms with Crippen LogP contribution < -0.4 is 10.6 Å². The van der Waals surface area contributed by atoms with Gasteiger partial charge in [-0.15, -0.1) is 12.4 Å². The standard InChI is InChI=1S/C11H19N3O2.ClH/c1-8-10(9(2)16-14-8)7-13-11(15)5-4-6-12-3;/h12H,4-7H2,1-3H3,(H,13,15);1H. The minimum absolute atomic E-state index is 0. The number of amides is 1. The molecule has 0 aromatic carbocycles. The van der Waals surface area contributed by atoms with E-state index >= 15 is 0 Å². The van der Waals surface area contributed by atoms with E-state index in [4.69, 9.17) is 4.52 Å². The van der Waals surface area contributed by atoms with Gasteiger partial charge in [-0.3, -0.25) is 4.79 Å². The number of aryl methyl sites for hydroxylation is 2. The minimum Gasteiger partial charge on any atom is -0.361 e. The van der Waals surface area contributed by atoms with Crippen LogP contribution in [-0.4, -0.2) is 24.7 Å². The Morgan fingerprint density at radius 3 is 2.65 bits per heavy atom. The van der Waals surface area contributed by atoms with Crippen molar-refractivity contribution in [1.82, 2.24) is 15.8 Å². The smallest absolute Gasteiger partial charge is 0.220 e. The highest BCUT2D eigenvalue weighted by molar-refractivity contribution is 5.85. The lowest BCUT2D eigenvalue weighted by atomic mass is 10.2. The minimum atomic E-state index is 0. The quantitative estimate of drug-likeness (QED) is 0.758. The molecule has 1 amide bonds. The monoisotopic (exact) mass is 261 g/mol. The van der Waals surface area contributed by atoms with E-state index in [1.807, 2.05) is 20.9 Å². The van der Waals surface area contributed by atoms with Crippen LogP contribution in [0, 0.1) is 13.8 Å². The van der Waals surface area contributed by atoms with Gasteiger partial charge < -0.3 is 15.2 Å². The Bertz CT molecular complexity index is 333. The summed E-state index contributed by atoms with van der Waals surface area (Å²) in [5.74, 6) is 0.836. The summed E-state index contributed by atoms with van der Waals surface area (Å²) in [5.41, 5.74) is 1.81.